The van der Waals surface area contributed by atoms with Crippen LogP contribution >= 0.6 is 0 Å². The monoisotopic (exact) mass is 602 g/mol. The van der Waals surface area contributed by atoms with Crippen molar-refractivity contribution >= 4 is 22.6 Å². The van der Waals surface area contributed by atoms with Crippen LogP contribution < -0.4 is 24.5 Å². The number of aromatic nitrogens is 1. The van der Waals surface area contributed by atoms with E-state index >= 15 is 0 Å². The van der Waals surface area contributed by atoms with E-state index in [0.29, 0.717) is 62.8 Å². The zero-order valence-electron chi connectivity index (χ0n) is 24.1. The average molecular weight is 603 g/mol. The van der Waals surface area contributed by atoms with Crippen LogP contribution in [0.3, 0.4) is 0 Å². The van der Waals surface area contributed by atoms with Gasteiger partial charge >= 0.3 is 6.09 Å². The normalized spacial score (nSPS) is 12.7. The van der Waals surface area contributed by atoms with Crippen molar-refractivity contribution in [2.75, 3.05) is 40.7 Å². The van der Waals surface area contributed by atoms with Gasteiger partial charge in [0.1, 0.15) is 12.4 Å². The third kappa shape index (κ3) is 5.02. The van der Waals surface area contributed by atoms with Gasteiger partial charge in [-0.3, -0.25) is 9.59 Å². The van der Waals surface area contributed by atoms with Crippen LogP contribution in [-0.2, 0) is 17.9 Å². The maximum atomic E-state index is 14.1. The molecular formula is C32H30N2O10. The largest absolute Gasteiger partial charge is 0.508 e. The molecule has 1 amide bonds. The highest BCUT2D eigenvalue weighted by atomic mass is 16.7. The van der Waals surface area contributed by atoms with Crippen LogP contribution in [0.5, 0.6) is 28.7 Å². The topological polar surface area (TPSA) is 146 Å². The maximum absolute atomic E-state index is 14.1. The number of hydrogen-bond donors (Lipinski definition) is 2. The van der Waals surface area contributed by atoms with Crippen LogP contribution in [0.2, 0.25) is 0 Å². The Morgan fingerprint density at radius 1 is 0.932 bits per heavy atom. The summed E-state index contributed by atoms with van der Waals surface area (Å²) in [6, 6.07) is 12.8. The van der Waals surface area contributed by atoms with Crippen molar-refractivity contribution in [2.45, 2.75) is 19.6 Å². The Labute approximate surface area is 251 Å². The van der Waals surface area contributed by atoms with Crippen LogP contribution in [0.4, 0.5) is 4.79 Å². The molecular weight excluding hydrogens is 572 g/mol. The highest BCUT2D eigenvalue weighted by Gasteiger charge is 2.35. The summed E-state index contributed by atoms with van der Waals surface area (Å²) in [5.41, 5.74) is 2.07. The number of fused-ring (bicyclic) bond motifs is 6. The predicted octanol–water partition coefficient (Wildman–Crippen LogP) is 3.69. The molecule has 1 aromatic heterocycles. The van der Waals surface area contributed by atoms with Gasteiger partial charge in [-0.2, -0.15) is 0 Å². The second-order valence-electron chi connectivity index (χ2n) is 10.3. The van der Waals surface area contributed by atoms with Crippen LogP contribution in [0, 0.1) is 0 Å². The summed E-state index contributed by atoms with van der Waals surface area (Å²) in [4.78, 5) is 42.2. The molecule has 228 valence electrons. The van der Waals surface area contributed by atoms with Gasteiger partial charge in [-0.1, -0.05) is 12.1 Å². The minimum Gasteiger partial charge on any atom is -0.508 e. The molecule has 12 heteroatoms. The molecule has 0 spiro atoms. The number of methoxy groups -OCH3 is 2. The fourth-order valence-electron chi connectivity index (χ4n) is 5.62. The summed E-state index contributed by atoms with van der Waals surface area (Å²) in [7, 11) is 2.95. The smallest absolute Gasteiger partial charge is 0.410 e. The number of nitrogens with zero attached hydrogens (tertiary/aromatic N) is 2. The van der Waals surface area contributed by atoms with Crippen molar-refractivity contribution in [1.29, 1.82) is 0 Å². The Morgan fingerprint density at radius 3 is 2.25 bits per heavy atom. The second kappa shape index (κ2) is 11.8. The predicted molar refractivity (Wildman–Crippen MR) is 158 cm³/mol. The molecule has 0 saturated carbocycles. The first kappa shape index (κ1) is 28.9. The lowest BCUT2D eigenvalue weighted by Gasteiger charge is -2.22. The first-order valence-electron chi connectivity index (χ1n) is 14.0. The van der Waals surface area contributed by atoms with E-state index in [1.165, 1.54) is 35.8 Å². The lowest BCUT2D eigenvalue weighted by Crippen LogP contribution is -2.36. The molecule has 1 aliphatic heterocycles. The molecule has 0 atom stereocenters. The standard InChI is InChI=1S/C32H30N2O10/c1-40-24-12-20-23(15-25(24)41-2)31(38)34(29-21-13-26-27(44-17-43-26)14-22(21)30(37)28(20)29)9-3-8-33(10-11-35)32(39)42-16-18-4-6-19(36)7-5-18/h4-7,12-15,35-36H,3,8-11,16-17H2,1-2H3. The van der Waals surface area contributed by atoms with E-state index < -0.39 is 6.09 Å². The zero-order valence-corrected chi connectivity index (χ0v) is 24.1. The van der Waals surface area contributed by atoms with Gasteiger partial charge in [-0.25, -0.2) is 4.79 Å². The van der Waals surface area contributed by atoms with Gasteiger partial charge in [0.25, 0.3) is 5.56 Å². The number of phenolic OH excluding ortho intramolecular Hbond substituents is 1. The van der Waals surface area contributed by atoms with Gasteiger partial charge in [0.15, 0.2) is 28.8 Å². The molecule has 2 heterocycles. The molecule has 1 aliphatic carbocycles. The van der Waals surface area contributed by atoms with Crippen molar-refractivity contribution in [2.24, 2.45) is 0 Å². The number of carbonyl (C=O) groups is 2. The van der Waals surface area contributed by atoms with Gasteiger partial charge in [0.05, 0.1) is 37.5 Å². The lowest BCUT2D eigenvalue weighted by molar-refractivity contribution is 0.0876. The molecule has 0 unspecified atom stereocenters. The van der Waals surface area contributed by atoms with Crippen molar-refractivity contribution in [3.63, 3.8) is 0 Å². The zero-order chi connectivity index (χ0) is 31.0. The van der Waals surface area contributed by atoms with E-state index in [4.69, 9.17) is 23.7 Å². The summed E-state index contributed by atoms with van der Waals surface area (Å²) < 4.78 is 29.0. The Balaban J connectivity index is 1.34. The Morgan fingerprint density at radius 2 is 1.59 bits per heavy atom. The molecule has 4 aromatic rings. The molecule has 2 N–H and O–H groups in total. The molecule has 0 fully saturated rings. The van der Waals surface area contributed by atoms with Crippen LogP contribution in [-0.4, -0.2) is 72.3 Å². The van der Waals surface area contributed by atoms with E-state index in [1.54, 1.807) is 36.4 Å². The molecule has 0 saturated heterocycles. The molecule has 0 radical (unpaired) electrons. The van der Waals surface area contributed by atoms with E-state index in [9.17, 15) is 24.6 Å². The Kier molecular flexibility index (Phi) is 7.75. The number of aliphatic hydroxyl groups is 1. The fraction of sp³-hybridized carbons (Fsp3) is 0.281. The Bertz CT molecular complexity index is 1830. The van der Waals surface area contributed by atoms with E-state index in [2.05, 4.69) is 0 Å². The maximum Gasteiger partial charge on any atom is 0.410 e. The molecule has 6 rings (SSSR count). The number of benzene rings is 3. The fourth-order valence-corrected chi connectivity index (χ4v) is 5.62. The number of phenols is 1. The number of ether oxygens (including phenoxy) is 5. The van der Waals surface area contributed by atoms with Crippen LogP contribution in [0.15, 0.2) is 53.3 Å². The van der Waals surface area contributed by atoms with E-state index in [-0.39, 0.29) is 62.1 Å². The number of amides is 1. The number of pyridine rings is 1. The summed E-state index contributed by atoms with van der Waals surface area (Å²) in [5, 5.41) is 19.8. The number of hydrogen-bond acceptors (Lipinski definition) is 10. The molecule has 3 aromatic carbocycles. The van der Waals surface area contributed by atoms with Crippen LogP contribution in [0.1, 0.15) is 27.9 Å². The minimum atomic E-state index is -0.631. The first-order chi connectivity index (χ1) is 21.3. The number of carbonyl (C=O) groups excluding carboxylic acids is 2. The second-order valence-corrected chi connectivity index (χ2v) is 10.3. The number of rotatable bonds is 10. The first-order valence-corrected chi connectivity index (χ1v) is 14.0. The highest BCUT2D eigenvalue weighted by molar-refractivity contribution is 6.27. The van der Waals surface area contributed by atoms with Gasteiger partial charge in [-0.15, -0.1) is 0 Å². The van der Waals surface area contributed by atoms with E-state index in [0.717, 1.165) is 0 Å². The van der Waals surface area contributed by atoms with Gasteiger partial charge in [0.2, 0.25) is 6.79 Å². The van der Waals surface area contributed by atoms with Crippen LogP contribution in [0.25, 0.3) is 22.0 Å². The SMILES string of the molecule is COc1cc2c3c(n(CCCN(CCO)C(=O)OCc4ccc(O)cc4)c(=O)c2cc1OC)-c1cc2c(cc1C3=O)OCO2. The summed E-state index contributed by atoms with van der Waals surface area (Å²) in [5.74, 6) is 1.48. The summed E-state index contributed by atoms with van der Waals surface area (Å²) >= 11 is 0. The van der Waals surface area contributed by atoms with Crippen molar-refractivity contribution in [1.82, 2.24) is 9.47 Å². The summed E-state index contributed by atoms with van der Waals surface area (Å²) in [6.45, 7) is 0.0857. The quantitative estimate of drug-likeness (QED) is 0.243. The van der Waals surface area contributed by atoms with Gasteiger partial charge in [0, 0.05) is 36.1 Å². The third-order valence-electron chi connectivity index (χ3n) is 7.75. The minimum absolute atomic E-state index is 0.0149. The highest BCUT2D eigenvalue weighted by Crippen LogP contribution is 2.46. The van der Waals surface area contributed by atoms with Gasteiger partial charge in [-0.05, 0) is 48.4 Å². The van der Waals surface area contributed by atoms with Gasteiger partial charge < -0.3 is 43.4 Å². The number of ketones is 1. The molecule has 0 bridgehead atoms. The number of aliphatic hydroxyl groups excluding tert-OH is 1. The van der Waals surface area contributed by atoms with Crippen molar-refractivity contribution in [3.05, 3.63) is 75.6 Å². The average Bonchev–Trinajstić information content (AvgIpc) is 3.61. The Hall–Kier alpha value is -5.23. The van der Waals surface area contributed by atoms with Crippen molar-refractivity contribution < 1.29 is 43.5 Å². The molecule has 12 nitrogen and oxygen atoms in total. The lowest BCUT2D eigenvalue weighted by atomic mass is 10.0. The van der Waals surface area contributed by atoms with E-state index in [1.807, 2.05) is 0 Å². The summed E-state index contributed by atoms with van der Waals surface area (Å²) in [6.07, 6.45) is -0.318. The molecule has 44 heavy (non-hydrogen) atoms. The third-order valence-corrected chi connectivity index (χ3v) is 7.75. The van der Waals surface area contributed by atoms with Crippen molar-refractivity contribution in [3.8, 4) is 40.0 Å². The molecule has 2 aliphatic rings. The number of aromatic hydroxyl groups is 1.